The van der Waals surface area contributed by atoms with Crippen LogP contribution in [0.25, 0.3) is 98.0 Å². The number of alkyl halides is 3. The molecule has 0 radical (unpaired) electrons. The second-order valence-corrected chi connectivity index (χ2v) is 18.4. The first-order valence-corrected chi connectivity index (χ1v) is 22.0. The highest BCUT2D eigenvalue weighted by atomic mass is 32.2. The Kier molecular flexibility index (Phi) is 7.97. The first-order chi connectivity index (χ1) is 29.0. The third-order valence-corrected chi connectivity index (χ3v) is 14.6. The summed E-state index contributed by atoms with van der Waals surface area (Å²) >= 11 is 0. The van der Waals surface area contributed by atoms with E-state index >= 15 is 4.57 Å². The molecule has 0 bridgehead atoms. The van der Waals surface area contributed by atoms with E-state index in [2.05, 4.69) is 0 Å². The van der Waals surface area contributed by atoms with E-state index in [0.717, 1.165) is 53.9 Å². The molecule has 6 nitrogen and oxygen atoms in total. The molecule has 1 aliphatic heterocycles. The topological polar surface area (TPSA) is 81.7 Å². The van der Waals surface area contributed by atoms with Crippen molar-refractivity contribution < 1.29 is 35.2 Å². The molecule has 1 N–H and O–H groups in total. The van der Waals surface area contributed by atoms with Crippen molar-refractivity contribution in [2.45, 2.75) is 5.51 Å². The van der Waals surface area contributed by atoms with Gasteiger partial charge in [-0.1, -0.05) is 150 Å². The van der Waals surface area contributed by atoms with Gasteiger partial charge in [0.1, 0.15) is 11.5 Å². The predicted octanol–water partition coefficient (Wildman–Crippen LogP) is 13.9. The summed E-state index contributed by atoms with van der Waals surface area (Å²) in [4.78, 5) is 0. The van der Waals surface area contributed by atoms with Crippen LogP contribution in [-0.2, 0) is 14.6 Å². The van der Waals surface area contributed by atoms with Gasteiger partial charge in [0.25, 0.3) is 0 Å². The van der Waals surface area contributed by atoms with Crippen LogP contribution >= 0.6 is 7.75 Å². The Morgan fingerprint density at radius 2 is 0.683 bits per heavy atom. The van der Waals surface area contributed by atoms with Gasteiger partial charge in [0.05, 0.1) is 0 Å². The van der Waals surface area contributed by atoms with Crippen molar-refractivity contribution in [1.82, 2.24) is 4.49 Å². The SMILES string of the molecule is O=P1(NS(=O)(=O)C(F)(F)F)Oc2c(-c3c4ccccc4cc4ccccc34)cc3ccccc3c2-c2c(c(-c3c4ccccc4cc4ccccc34)cc3ccccc23)O1. The Morgan fingerprint density at radius 3 is 0.983 bits per heavy atom. The molecule has 0 spiro atoms. The van der Waals surface area contributed by atoms with Crippen LogP contribution < -0.4 is 13.5 Å². The van der Waals surface area contributed by atoms with Crippen LogP contribution in [0.3, 0.4) is 0 Å². The number of nitrogens with one attached hydrogen (secondary N) is 1. The van der Waals surface area contributed by atoms with Crippen molar-refractivity contribution in [3.63, 3.8) is 0 Å². The molecule has 10 aromatic carbocycles. The second-order valence-electron chi connectivity index (χ2n) is 14.8. The van der Waals surface area contributed by atoms with Gasteiger partial charge < -0.3 is 9.05 Å². The predicted molar refractivity (Wildman–Crippen MR) is 235 cm³/mol. The summed E-state index contributed by atoms with van der Waals surface area (Å²) < 4.78 is 99.1. The third-order valence-electron chi connectivity index (χ3n) is 11.3. The van der Waals surface area contributed by atoms with Crippen molar-refractivity contribution in [2.24, 2.45) is 0 Å². The average Bonchev–Trinajstić information content (AvgIpc) is 3.38. The first-order valence-electron chi connectivity index (χ1n) is 19.0. The van der Waals surface area contributed by atoms with E-state index in [9.17, 15) is 21.6 Å². The second kappa shape index (κ2) is 13.1. The standard InChI is InChI=1S/C49H29F3NO5PS/c50-49(51,52)60(55,56)53-59(54)57-47-41(43-35-19-7-1-13-29(35)25-30-14-2-8-20-36(30)43)27-33-17-5-11-23-39(33)45(47)46-40-24-12-6-18-34(40)28-42(48(46)58-59)44-37-21-9-3-15-31(37)26-32-16-4-10-22-38(32)44/h1-28H,(H,53,54). The van der Waals surface area contributed by atoms with Gasteiger partial charge in [-0.05, 0) is 88.9 Å². The number of fused-ring (bicyclic) bond motifs is 11. The number of benzene rings is 10. The van der Waals surface area contributed by atoms with Gasteiger partial charge in [-0.2, -0.15) is 13.2 Å². The fraction of sp³-hybridized carbons (Fsp3) is 0.0204. The van der Waals surface area contributed by atoms with Crippen molar-refractivity contribution in [1.29, 1.82) is 0 Å². The maximum atomic E-state index is 15.5. The molecule has 10 aromatic rings. The number of halogens is 3. The third kappa shape index (κ3) is 5.59. The van der Waals surface area contributed by atoms with E-state index in [-0.39, 0.29) is 11.5 Å². The molecule has 0 atom stereocenters. The molecule has 0 aromatic heterocycles. The number of hydrogen-bond donors (Lipinski definition) is 1. The van der Waals surface area contributed by atoms with Crippen LogP contribution in [0.4, 0.5) is 13.2 Å². The lowest BCUT2D eigenvalue weighted by molar-refractivity contribution is -0.0443. The van der Waals surface area contributed by atoms with Gasteiger partial charge in [0, 0.05) is 33.4 Å². The minimum atomic E-state index is -6.32. The van der Waals surface area contributed by atoms with Crippen molar-refractivity contribution in [3.8, 4) is 44.9 Å². The monoisotopic (exact) mass is 831 g/mol. The lowest BCUT2D eigenvalue weighted by atomic mass is 9.83. The Labute approximate surface area is 341 Å². The number of rotatable bonds is 4. The zero-order chi connectivity index (χ0) is 41.0. The lowest BCUT2D eigenvalue weighted by Crippen LogP contribution is -2.36. The smallest absolute Gasteiger partial charge is 0.403 e. The molecular formula is C49H29F3NO5PS. The van der Waals surface area contributed by atoms with Crippen LogP contribution in [-0.4, -0.2) is 13.9 Å². The quantitative estimate of drug-likeness (QED) is 0.141. The van der Waals surface area contributed by atoms with E-state index in [1.54, 1.807) is 0 Å². The van der Waals surface area contributed by atoms with Crippen molar-refractivity contribution >= 4 is 82.4 Å². The molecule has 11 heteroatoms. The average molecular weight is 832 g/mol. The Bertz CT molecular complexity index is 3320. The summed E-state index contributed by atoms with van der Waals surface area (Å²) in [5.41, 5.74) is -3.04. The van der Waals surface area contributed by atoms with Crippen LogP contribution in [0, 0.1) is 0 Å². The van der Waals surface area contributed by atoms with E-state index in [0.29, 0.717) is 44.2 Å². The number of hydrogen-bond acceptors (Lipinski definition) is 5. The Hall–Kier alpha value is -6.71. The molecule has 60 heavy (non-hydrogen) atoms. The highest BCUT2D eigenvalue weighted by molar-refractivity contribution is 7.95. The maximum absolute atomic E-state index is 15.5. The summed E-state index contributed by atoms with van der Waals surface area (Å²) in [5, 5.41) is 9.35. The minimum Gasteiger partial charge on any atom is -0.403 e. The largest absolute Gasteiger partial charge is 0.526 e. The molecule has 1 heterocycles. The molecule has 11 rings (SSSR count). The van der Waals surface area contributed by atoms with Crippen LogP contribution in [0.15, 0.2) is 170 Å². The zero-order valence-corrected chi connectivity index (χ0v) is 32.9. The van der Waals surface area contributed by atoms with E-state index in [4.69, 9.17) is 9.05 Å². The summed E-state index contributed by atoms with van der Waals surface area (Å²) in [5.74, 6) is -0.209. The van der Waals surface area contributed by atoms with Gasteiger partial charge >= 0.3 is 23.3 Å². The molecule has 0 saturated carbocycles. The molecular weight excluding hydrogens is 803 g/mol. The van der Waals surface area contributed by atoms with Crippen molar-refractivity contribution in [2.75, 3.05) is 0 Å². The molecule has 0 saturated heterocycles. The van der Waals surface area contributed by atoms with Gasteiger partial charge in [-0.3, -0.25) is 0 Å². The van der Waals surface area contributed by atoms with Crippen LogP contribution in [0.5, 0.6) is 11.5 Å². The Balaban J connectivity index is 1.38. The fourth-order valence-corrected chi connectivity index (χ4v) is 11.6. The molecule has 0 aliphatic carbocycles. The highest BCUT2D eigenvalue weighted by Gasteiger charge is 2.53. The summed E-state index contributed by atoms with van der Waals surface area (Å²) in [6, 6.07) is 53.5. The molecule has 1 aliphatic rings. The number of sulfonamides is 1. The zero-order valence-electron chi connectivity index (χ0n) is 31.2. The van der Waals surface area contributed by atoms with Gasteiger partial charge in [0.15, 0.2) is 0 Å². The molecule has 0 amide bonds. The first kappa shape index (κ1) is 36.4. The van der Waals surface area contributed by atoms with E-state index in [1.807, 2.05) is 170 Å². The molecule has 0 fully saturated rings. The normalized spacial score (nSPS) is 13.9. The van der Waals surface area contributed by atoms with E-state index < -0.39 is 23.3 Å². The van der Waals surface area contributed by atoms with Gasteiger partial charge in [-0.15, -0.1) is 0 Å². The molecule has 292 valence electrons. The van der Waals surface area contributed by atoms with Crippen LogP contribution in [0.1, 0.15) is 0 Å². The maximum Gasteiger partial charge on any atom is 0.526 e. The van der Waals surface area contributed by atoms with Crippen molar-refractivity contribution in [3.05, 3.63) is 170 Å². The fourth-order valence-electron chi connectivity index (χ4n) is 8.82. The van der Waals surface area contributed by atoms with E-state index in [1.165, 1.54) is 4.49 Å². The highest BCUT2D eigenvalue weighted by Crippen LogP contribution is 2.63. The Morgan fingerprint density at radius 1 is 0.417 bits per heavy atom. The van der Waals surface area contributed by atoms with Crippen LogP contribution in [0.2, 0.25) is 0 Å². The van der Waals surface area contributed by atoms with Gasteiger partial charge in [0.2, 0.25) is 0 Å². The minimum absolute atomic E-state index is 0.104. The molecule has 0 unspecified atom stereocenters. The summed E-state index contributed by atoms with van der Waals surface area (Å²) in [7, 11) is -11.9. The van der Waals surface area contributed by atoms with Gasteiger partial charge in [-0.25, -0.2) is 13.0 Å². The summed E-state index contributed by atoms with van der Waals surface area (Å²) in [6.07, 6.45) is 0. The lowest BCUT2D eigenvalue weighted by Gasteiger charge is -2.23. The summed E-state index contributed by atoms with van der Waals surface area (Å²) in [6.45, 7) is 0.